The van der Waals surface area contributed by atoms with Crippen LogP contribution < -0.4 is 0 Å². The van der Waals surface area contributed by atoms with Crippen molar-refractivity contribution in [3.8, 4) is 0 Å². The van der Waals surface area contributed by atoms with Gasteiger partial charge < -0.3 is 0 Å². The van der Waals surface area contributed by atoms with E-state index in [0.29, 0.717) is 0 Å². The first-order valence-corrected chi connectivity index (χ1v) is 14.3. The van der Waals surface area contributed by atoms with Gasteiger partial charge in [-0.2, -0.15) is 0 Å². The Morgan fingerprint density at radius 1 is 0.310 bits per heavy atom. The summed E-state index contributed by atoms with van der Waals surface area (Å²) in [7, 11) is 0. The van der Waals surface area contributed by atoms with Crippen molar-refractivity contribution in [2.75, 3.05) is 0 Å². The van der Waals surface area contributed by atoms with Crippen LogP contribution in [0.25, 0.3) is 48.6 Å². The van der Waals surface area contributed by atoms with Crippen molar-refractivity contribution in [3.05, 3.63) is 164 Å². The number of benzene rings is 4. The van der Waals surface area contributed by atoms with Crippen molar-refractivity contribution in [2.45, 2.75) is 27.7 Å². The van der Waals surface area contributed by atoms with Crippen LogP contribution in [0.1, 0.15) is 67.3 Å². The third-order valence-corrected chi connectivity index (χ3v) is 7.44. The number of hydrogen-bond acceptors (Lipinski definition) is 2. The Balaban J connectivity index is 1.66. The Kier molecular flexibility index (Phi) is 9.16. The molecule has 0 atom stereocenters. The summed E-state index contributed by atoms with van der Waals surface area (Å²) in [6, 6.07) is 33.5. The van der Waals surface area contributed by atoms with Crippen LogP contribution in [0.3, 0.4) is 0 Å². The molecule has 0 fully saturated rings. The fraction of sp³-hybridized carbons (Fsp3) is 0.100. The molecule has 0 saturated carbocycles. The van der Waals surface area contributed by atoms with Gasteiger partial charge in [0.15, 0.2) is 0 Å². The molecule has 5 aromatic rings. The Morgan fingerprint density at radius 2 is 0.524 bits per heavy atom. The van der Waals surface area contributed by atoms with Gasteiger partial charge in [-0.25, -0.2) is 9.97 Å². The van der Waals surface area contributed by atoms with E-state index < -0.39 is 0 Å². The molecule has 206 valence electrons. The lowest BCUT2D eigenvalue weighted by molar-refractivity contribution is 1.12. The average Bonchev–Trinajstić information content (AvgIpc) is 3.00. The second-order valence-corrected chi connectivity index (χ2v) is 10.5. The van der Waals surface area contributed by atoms with E-state index in [1.807, 2.05) is 0 Å². The van der Waals surface area contributed by atoms with E-state index in [-0.39, 0.29) is 0 Å². The van der Waals surface area contributed by atoms with Crippen LogP contribution in [-0.4, -0.2) is 9.97 Å². The third-order valence-electron chi connectivity index (χ3n) is 7.44. The molecule has 0 N–H and O–H groups in total. The summed E-state index contributed by atoms with van der Waals surface area (Å²) in [5, 5.41) is 0. The zero-order valence-electron chi connectivity index (χ0n) is 24.8. The average molecular weight is 545 g/mol. The van der Waals surface area contributed by atoms with Crippen LogP contribution in [0.4, 0.5) is 0 Å². The quantitative estimate of drug-likeness (QED) is 0.194. The summed E-state index contributed by atoms with van der Waals surface area (Å²) in [4.78, 5) is 10.4. The molecule has 0 aliphatic carbocycles. The van der Waals surface area contributed by atoms with Crippen LogP contribution in [0, 0.1) is 27.7 Å². The van der Waals surface area contributed by atoms with Crippen molar-refractivity contribution < 1.29 is 0 Å². The molecule has 0 radical (unpaired) electrons. The number of rotatable bonds is 8. The second kappa shape index (κ2) is 13.5. The minimum absolute atomic E-state index is 0.820. The SMILES string of the molecule is Cc1ccccc1C=Cc1nc(C=Cc2ccccc2C)c(C=Cc2ccccc2C)nc1C=Cc1ccccc1C. The predicted octanol–water partition coefficient (Wildman–Crippen LogP) is 10.4. The van der Waals surface area contributed by atoms with Crippen LogP contribution >= 0.6 is 0 Å². The van der Waals surface area contributed by atoms with Crippen LogP contribution in [-0.2, 0) is 0 Å². The highest BCUT2D eigenvalue weighted by Gasteiger charge is 2.09. The first-order valence-electron chi connectivity index (χ1n) is 14.3. The molecule has 5 rings (SSSR count). The fourth-order valence-electron chi connectivity index (χ4n) is 4.75. The summed E-state index contributed by atoms with van der Waals surface area (Å²) in [5.74, 6) is 0. The summed E-state index contributed by atoms with van der Waals surface area (Å²) < 4.78 is 0. The number of hydrogen-bond donors (Lipinski definition) is 0. The molecular weight excluding hydrogens is 508 g/mol. The maximum Gasteiger partial charge on any atom is 0.0894 e. The van der Waals surface area contributed by atoms with E-state index in [1.54, 1.807) is 0 Å². The maximum atomic E-state index is 5.19. The molecule has 0 amide bonds. The maximum absolute atomic E-state index is 5.19. The van der Waals surface area contributed by atoms with Crippen LogP contribution in [0.15, 0.2) is 97.1 Å². The highest BCUT2D eigenvalue weighted by molar-refractivity contribution is 5.82. The van der Waals surface area contributed by atoms with Gasteiger partial charge in [-0.3, -0.25) is 0 Å². The summed E-state index contributed by atoms with van der Waals surface area (Å²) in [6.45, 7) is 8.50. The van der Waals surface area contributed by atoms with E-state index in [4.69, 9.17) is 9.97 Å². The van der Waals surface area contributed by atoms with Crippen LogP contribution in [0.5, 0.6) is 0 Å². The molecule has 0 saturated heterocycles. The van der Waals surface area contributed by atoms with Gasteiger partial charge in [0.2, 0.25) is 0 Å². The van der Waals surface area contributed by atoms with Gasteiger partial charge in [-0.15, -0.1) is 0 Å². The monoisotopic (exact) mass is 544 g/mol. The van der Waals surface area contributed by atoms with Gasteiger partial charge in [0, 0.05) is 0 Å². The molecule has 4 aromatic carbocycles. The lowest BCUT2D eigenvalue weighted by Crippen LogP contribution is -2.00. The molecule has 0 bridgehead atoms. The molecule has 0 aliphatic rings. The predicted molar refractivity (Wildman–Crippen MR) is 182 cm³/mol. The zero-order chi connectivity index (χ0) is 29.3. The lowest BCUT2D eigenvalue weighted by atomic mass is 10.1. The smallest absolute Gasteiger partial charge is 0.0894 e. The van der Waals surface area contributed by atoms with Crippen molar-refractivity contribution in [1.29, 1.82) is 0 Å². The normalized spacial score (nSPS) is 11.9. The fourth-order valence-corrected chi connectivity index (χ4v) is 4.75. The van der Waals surface area contributed by atoms with Gasteiger partial charge >= 0.3 is 0 Å². The van der Waals surface area contributed by atoms with Crippen molar-refractivity contribution >= 4 is 48.6 Å². The summed E-state index contributed by atoms with van der Waals surface area (Å²) >= 11 is 0. The Hall–Kier alpha value is -5.08. The molecule has 42 heavy (non-hydrogen) atoms. The molecule has 2 nitrogen and oxygen atoms in total. The standard InChI is InChI=1S/C40H36N2/c1-29-13-5-9-17-33(29)21-25-37-38(26-22-34-18-10-6-14-30(34)2)42-40(28-24-36-20-12-8-16-32(36)4)39(41-37)27-23-35-19-11-7-15-31(35)3/h5-28H,1-4H3. The summed E-state index contributed by atoms with van der Waals surface area (Å²) in [6.07, 6.45) is 16.8. The zero-order valence-corrected chi connectivity index (χ0v) is 24.8. The molecule has 0 unspecified atom stereocenters. The number of aryl methyl sites for hydroxylation is 4. The molecule has 0 spiro atoms. The number of nitrogens with zero attached hydrogens (tertiary/aromatic N) is 2. The number of aromatic nitrogens is 2. The van der Waals surface area contributed by atoms with Gasteiger partial charge in [-0.1, -0.05) is 121 Å². The first-order chi connectivity index (χ1) is 20.5. The van der Waals surface area contributed by atoms with Gasteiger partial charge in [0.1, 0.15) is 0 Å². The second-order valence-electron chi connectivity index (χ2n) is 10.5. The van der Waals surface area contributed by atoms with Crippen molar-refractivity contribution in [3.63, 3.8) is 0 Å². The molecule has 1 heterocycles. The van der Waals surface area contributed by atoms with Crippen molar-refractivity contribution in [2.24, 2.45) is 0 Å². The van der Waals surface area contributed by atoms with E-state index in [2.05, 4.69) is 173 Å². The van der Waals surface area contributed by atoms with Crippen LogP contribution in [0.2, 0.25) is 0 Å². The molecular formula is C40H36N2. The van der Waals surface area contributed by atoms with Crippen molar-refractivity contribution in [1.82, 2.24) is 9.97 Å². The van der Waals surface area contributed by atoms with E-state index in [9.17, 15) is 0 Å². The van der Waals surface area contributed by atoms with Gasteiger partial charge in [-0.05, 0) is 96.5 Å². The Morgan fingerprint density at radius 3 is 0.738 bits per heavy atom. The first kappa shape index (κ1) is 28.4. The lowest BCUT2D eigenvalue weighted by Gasteiger charge is -2.08. The molecule has 2 heteroatoms. The van der Waals surface area contributed by atoms with E-state index in [1.165, 1.54) is 22.3 Å². The topological polar surface area (TPSA) is 25.8 Å². The Labute approximate surface area is 250 Å². The van der Waals surface area contributed by atoms with Gasteiger partial charge in [0.05, 0.1) is 22.8 Å². The molecule has 0 aliphatic heterocycles. The minimum Gasteiger partial charge on any atom is -0.245 e. The van der Waals surface area contributed by atoms with E-state index >= 15 is 0 Å². The largest absolute Gasteiger partial charge is 0.245 e. The van der Waals surface area contributed by atoms with Gasteiger partial charge in [0.25, 0.3) is 0 Å². The summed E-state index contributed by atoms with van der Waals surface area (Å²) in [5.41, 5.74) is 12.8. The highest BCUT2D eigenvalue weighted by atomic mass is 14.8. The Bertz CT molecular complexity index is 1550. The minimum atomic E-state index is 0.820. The third kappa shape index (κ3) is 7.16. The molecule has 1 aromatic heterocycles. The highest BCUT2D eigenvalue weighted by Crippen LogP contribution is 2.22. The van der Waals surface area contributed by atoms with E-state index in [0.717, 1.165) is 45.0 Å².